The van der Waals surface area contributed by atoms with Gasteiger partial charge in [-0.15, -0.1) is 0 Å². The van der Waals surface area contributed by atoms with Gasteiger partial charge < -0.3 is 14.4 Å². The van der Waals surface area contributed by atoms with Crippen molar-refractivity contribution >= 4 is 35.3 Å². The van der Waals surface area contributed by atoms with Crippen molar-refractivity contribution in [2.24, 2.45) is 0 Å². The van der Waals surface area contributed by atoms with Gasteiger partial charge in [0.05, 0.1) is 32.4 Å². The van der Waals surface area contributed by atoms with Crippen LogP contribution in [0.25, 0.3) is 5.65 Å². The zero-order valence-electron chi connectivity index (χ0n) is 12.5. The van der Waals surface area contributed by atoms with E-state index in [0.29, 0.717) is 49.7 Å². The first kappa shape index (κ1) is 15.7. The number of fused-ring (bicyclic) bond motifs is 1. The number of ether oxygens (including phenoxy) is 2. The van der Waals surface area contributed by atoms with Gasteiger partial charge in [0.25, 0.3) is 0 Å². The number of hydrogen-bond acceptors (Lipinski definition) is 7. The molecule has 0 spiro atoms. The Balaban J connectivity index is 2.11. The first-order valence-electron chi connectivity index (χ1n) is 7.06. The fraction of sp³-hybridized carbons (Fsp3) is 0.429. The van der Waals surface area contributed by atoms with Crippen molar-refractivity contribution in [1.29, 1.82) is 0 Å². The van der Waals surface area contributed by atoms with Gasteiger partial charge in [0.15, 0.2) is 22.9 Å². The van der Waals surface area contributed by atoms with Gasteiger partial charge in [-0.2, -0.15) is 0 Å². The molecule has 0 amide bonds. The molecule has 8 nitrogen and oxygen atoms in total. The van der Waals surface area contributed by atoms with Crippen LogP contribution < -0.4 is 4.90 Å². The van der Waals surface area contributed by atoms with Crippen molar-refractivity contribution in [3.63, 3.8) is 0 Å². The van der Waals surface area contributed by atoms with Crippen molar-refractivity contribution < 1.29 is 19.1 Å². The molecule has 0 unspecified atom stereocenters. The molecule has 0 bridgehead atoms. The van der Waals surface area contributed by atoms with Crippen molar-refractivity contribution in [1.82, 2.24) is 14.4 Å². The Morgan fingerprint density at radius 1 is 1.43 bits per heavy atom. The third-order valence-electron chi connectivity index (χ3n) is 3.61. The Hall–Kier alpha value is -2.19. The number of esters is 1. The maximum absolute atomic E-state index is 11.5. The van der Waals surface area contributed by atoms with Gasteiger partial charge >= 0.3 is 5.97 Å². The van der Waals surface area contributed by atoms with Crippen molar-refractivity contribution in [2.45, 2.75) is 6.42 Å². The fourth-order valence-corrected chi connectivity index (χ4v) is 2.68. The average molecular weight is 339 g/mol. The number of morpholine rings is 1. The third-order valence-corrected chi connectivity index (χ3v) is 3.88. The molecule has 1 saturated heterocycles. The lowest BCUT2D eigenvalue weighted by Crippen LogP contribution is -2.37. The summed E-state index contributed by atoms with van der Waals surface area (Å²) in [5, 5.41) is 0.0935. The zero-order chi connectivity index (χ0) is 16.4. The minimum Gasteiger partial charge on any atom is -0.469 e. The summed E-state index contributed by atoms with van der Waals surface area (Å²) in [6, 6.07) is 0. The molecule has 2 aromatic heterocycles. The van der Waals surface area contributed by atoms with Crippen LogP contribution in [0.2, 0.25) is 5.15 Å². The fourth-order valence-electron chi connectivity index (χ4n) is 2.47. The van der Waals surface area contributed by atoms with E-state index in [2.05, 4.69) is 14.7 Å². The maximum Gasteiger partial charge on any atom is 0.311 e. The van der Waals surface area contributed by atoms with Crippen LogP contribution >= 0.6 is 11.6 Å². The number of halogens is 1. The molecule has 0 atom stereocenters. The van der Waals surface area contributed by atoms with E-state index in [1.165, 1.54) is 7.11 Å². The van der Waals surface area contributed by atoms with Gasteiger partial charge in [-0.3, -0.25) is 14.0 Å². The maximum atomic E-state index is 11.5. The van der Waals surface area contributed by atoms with Crippen LogP contribution in [0, 0.1) is 0 Å². The SMILES string of the molecule is COC(=O)Cc1cn2c(C=O)c(Cl)nc(N3CCOCC3)c2n1. The second kappa shape index (κ2) is 6.51. The number of methoxy groups -OCH3 is 1. The summed E-state index contributed by atoms with van der Waals surface area (Å²) in [6.07, 6.45) is 2.24. The highest BCUT2D eigenvalue weighted by Gasteiger charge is 2.22. The van der Waals surface area contributed by atoms with Crippen LogP contribution in [-0.4, -0.2) is 60.0 Å². The number of carbonyl (C=O) groups is 2. The highest BCUT2D eigenvalue weighted by molar-refractivity contribution is 6.31. The summed E-state index contributed by atoms with van der Waals surface area (Å²) in [5.74, 6) is 0.160. The number of anilines is 1. The van der Waals surface area contributed by atoms with Crippen LogP contribution in [0.3, 0.4) is 0 Å². The third kappa shape index (κ3) is 2.99. The van der Waals surface area contributed by atoms with E-state index in [-0.39, 0.29) is 17.3 Å². The second-order valence-electron chi connectivity index (χ2n) is 5.01. The summed E-state index contributed by atoms with van der Waals surface area (Å²) in [5.41, 5.74) is 1.16. The molecule has 0 aromatic carbocycles. The van der Waals surface area contributed by atoms with Crippen LogP contribution in [-0.2, 0) is 20.7 Å². The van der Waals surface area contributed by atoms with E-state index in [9.17, 15) is 9.59 Å². The molecule has 3 heterocycles. The number of imidazole rings is 1. The number of hydrogen-bond donors (Lipinski definition) is 0. The summed E-state index contributed by atoms with van der Waals surface area (Å²) in [4.78, 5) is 33.5. The zero-order valence-corrected chi connectivity index (χ0v) is 13.2. The monoisotopic (exact) mass is 338 g/mol. The summed E-state index contributed by atoms with van der Waals surface area (Å²) in [6.45, 7) is 2.46. The molecular weight excluding hydrogens is 324 g/mol. The molecule has 0 saturated carbocycles. The molecule has 1 aliphatic heterocycles. The minimum atomic E-state index is -0.409. The molecule has 0 N–H and O–H groups in total. The lowest BCUT2D eigenvalue weighted by molar-refractivity contribution is -0.139. The van der Waals surface area contributed by atoms with Crippen LogP contribution in [0.4, 0.5) is 5.82 Å². The Bertz CT molecular complexity index is 755. The van der Waals surface area contributed by atoms with E-state index in [1.54, 1.807) is 10.6 Å². The second-order valence-corrected chi connectivity index (χ2v) is 5.37. The number of nitrogens with zero attached hydrogens (tertiary/aromatic N) is 4. The van der Waals surface area contributed by atoms with Crippen LogP contribution in [0.15, 0.2) is 6.20 Å². The Labute approximate surface area is 137 Å². The highest BCUT2D eigenvalue weighted by Crippen LogP contribution is 2.25. The van der Waals surface area contributed by atoms with E-state index in [4.69, 9.17) is 16.3 Å². The van der Waals surface area contributed by atoms with Crippen LogP contribution in [0.5, 0.6) is 0 Å². The standard InChI is InChI=1S/C14H15ClN4O4/c1-22-11(21)6-9-7-19-10(8-20)12(15)17-13(14(19)16-9)18-2-4-23-5-3-18/h7-8H,2-6H2,1H3. The average Bonchev–Trinajstić information content (AvgIpc) is 2.98. The molecule has 1 aliphatic rings. The first-order valence-corrected chi connectivity index (χ1v) is 7.44. The quantitative estimate of drug-likeness (QED) is 0.600. The number of carbonyl (C=O) groups excluding carboxylic acids is 2. The van der Waals surface area contributed by atoms with Gasteiger partial charge in [-0.05, 0) is 0 Å². The first-order chi connectivity index (χ1) is 11.1. The van der Waals surface area contributed by atoms with Crippen molar-refractivity contribution in [3.8, 4) is 0 Å². The lowest BCUT2D eigenvalue weighted by Gasteiger charge is -2.28. The van der Waals surface area contributed by atoms with Gasteiger partial charge in [-0.25, -0.2) is 9.97 Å². The molecule has 122 valence electrons. The predicted molar refractivity (Wildman–Crippen MR) is 82.1 cm³/mol. The topological polar surface area (TPSA) is 86.0 Å². The van der Waals surface area contributed by atoms with Gasteiger partial charge in [-0.1, -0.05) is 11.6 Å². The van der Waals surface area contributed by atoms with E-state index >= 15 is 0 Å². The molecule has 0 aliphatic carbocycles. The van der Waals surface area contributed by atoms with Gasteiger partial charge in [0.1, 0.15) is 5.69 Å². The Morgan fingerprint density at radius 2 is 2.17 bits per heavy atom. The normalized spacial score (nSPS) is 15.0. The van der Waals surface area contributed by atoms with Crippen LogP contribution in [0.1, 0.15) is 16.2 Å². The predicted octanol–water partition coefficient (Wildman–Crippen LogP) is 0.747. The van der Waals surface area contributed by atoms with Crippen molar-refractivity contribution in [3.05, 3.63) is 22.7 Å². The molecule has 0 radical (unpaired) electrons. The smallest absolute Gasteiger partial charge is 0.311 e. The summed E-state index contributed by atoms with van der Waals surface area (Å²) >= 11 is 6.13. The highest BCUT2D eigenvalue weighted by atomic mass is 35.5. The van der Waals surface area contributed by atoms with Gasteiger partial charge in [0, 0.05) is 19.3 Å². The van der Waals surface area contributed by atoms with E-state index in [0.717, 1.165) is 0 Å². The number of aldehydes is 1. The number of rotatable bonds is 4. The molecule has 9 heteroatoms. The largest absolute Gasteiger partial charge is 0.469 e. The molecule has 3 rings (SSSR count). The van der Waals surface area contributed by atoms with Crippen molar-refractivity contribution in [2.75, 3.05) is 38.3 Å². The Kier molecular flexibility index (Phi) is 4.44. The molecular formula is C14H15ClN4O4. The van der Waals surface area contributed by atoms with E-state index < -0.39 is 5.97 Å². The lowest BCUT2D eigenvalue weighted by atomic mass is 10.3. The van der Waals surface area contributed by atoms with Gasteiger partial charge in [0.2, 0.25) is 0 Å². The molecule has 23 heavy (non-hydrogen) atoms. The summed E-state index contributed by atoms with van der Waals surface area (Å²) < 4.78 is 11.5. The molecule has 2 aromatic rings. The summed E-state index contributed by atoms with van der Waals surface area (Å²) in [7, 11) is 1.31. The Morgan fingerprint density at radius 3 is 2.83 bits per heavy atom. The van der Waals surface area contributed by atoms with E-state index in [1.807, 2.05) is 4.90 Å². The number of aromatic nitrogens is 3. The minimum absolute atomic E-state index is 0.0106. The molecule has 1 fully saturated rings.